The molecule has 0 fully saturated rings. The molecule has 0 radical (unpaired) electrons. The highest BCUT2D eigenvalue weighted by molar-refractivity contribution is 7.92. The highest BCUT2D eigenvalue weighted by atomic mass is 32.2. The van der Waals surface area contributed by atoms with Gasteiger partial charge in [-0.05, 0) is 18.2 Å². The van der Waals surface area contributed by atoms with E-state index in [9.17, 15) is 12.8 Å². The van der Waals surface area contributed by atoms with Crippen molar-refractivity contribution in [3.05, 3.63) is 42.0 Å². The monoisotopic (exact) mass is 307 g/mol. The predicted molar refractivity (Wildman–Crippen MR) is 73.0 cm³/mol. The van der Waals surface area contributed by atoms with Crippen molar-refractivity contribution in [3.8, 4) is 11.8 Å². The number of nitrogens with two attached hydrogens (primary N) is 1. The Morgan fingerprint density at radius 2 is 2.14 bits per heavy atom. The zero-order valence-corrected chi connectivity index (χ0v) is 11.4. The summed E-state index contributed by atoms with van der Waals surface area (Å²) in [6.07, 6.45) is 2.57. The van der Waals surface area contributed by atoms with Gasteiger partial charge < -0.3 is 5.73 Å². The van der Waals surface area contributed by atoms with E-state index in [0.29, 0.717) is 0 Å². The first kappa shape index (κ1) is 14.8. The lowest BCUT2D eigenvalue weighted by Crippen LogP contribution is -2.15. The molecular formula is C12H10FN5O2S. The van der Waals surface area contributed by atoms with E-state index in [2.05, 4.69) is 31.7 Å². The molecule has 1 aromatic heterocycles. The lowest BCUT2D eigenvalue weighted by Gasteiger charge is -2.06. The van der Waals surface area contributed by atoms with Gasteiger partial charge in [-0.1, -0.05) is 11.8 Å². The van der Waals surface area contributed by atoms with Gasteiger partial charge >= 0.3 is 0 Å². The van der Waals surface area contributed by atoms with Crippen LogP contribution in [0.5, 0.6) is 0 Å². The molecule has 0 spiro atoms. The van der Waals surface area contributed by atoms with Crippen LogP contribution in [-0.4, -0.2) is 30.1 Å². The van der Waals surface area contributed by atoms with E-state index in [1.807, 2.05) is 0 Å². The molecule has 108 valence electrons. The van der Waals surface area contributed by atoms with Crippen molar-refractivity contribution in [2.75, 3.05) is 11.3 Å². The van der Waals surface area contributed by atoms with Gasteiger partial charge in [-0.25, -0.2) is 22.5 Å². The molecule has 0 amide bonds. The summed E-state index contributed by atoms with van der Waals surface area (Å²) in [6, 6.07) is 3.35. The van der Waals surface area contributed by atoms with Gasteiger partial charge in [0.2, 0.25) is 0 Å². The van der Waals surface area contributed by atoms with E-state index in [0.717, 1.165) is 6.07 Å². The van der Waals surface area contributed by atoms with Crippen LogP contribution in [-0.2, 0) is 10.0 Å². The SMILES string of the molecule is NCC#Cc1ccc(S(=O)(=O)Nc2nccnn2)cc1F. The van der Waals surface area contributed by atoms with Gasteiger partial charge in [-0.2, -0.15) is 5.10 Å². The second kappa shape index (κ2) is 6.25. The minimum Gasteiger partial charge on any atom is -0.320 e. The molecule has 0 bridgehead atoms. The lowest BCUT2D eigenvalue weighted by atomic mass is 10.2. The molecule has 1 aromatic carbocycles. The number of halogens is 1. The fourth-order valence-electron chi connectivity index (χ4n) is 1.38. The molecule has 9 heteroatoms. The van der Waals surface area contributed by atoms with Crippen molar-refractivity contribution >= 4 is 16.0 Å². The van der Waals surface area contributed by atoms with E-state index in [1.165, 1.54) is 24.5 Å². The molecule has 7 nitrogen and oxygen atoms in total. The quantitative estimate of drug-likeness (QED) is 0.779. The maximum absolute atomic E-state index is 13.8. The average Bonchev–Trinajstić information content (AvgIpc) is 2.46. The molecular weight excluding hydrogens is 297 g/mol. The fourth-order valence-corrected chi connectivity index (χ4v) is 2.34. The predicted octanol–water partition coefficient (Wildman–Crippen LogP) is 0.122. The summed E-state index contributed by atoms with van der Waals surface area (Å²) in [5.41, 5.74) is 5.26. The largest absolute Gasteiger partial charge is 0.320 e. The zero-order valence-electron chi connectivity index (χ0n) is 10.6. The summed E-state index contributed by atoms with van der Waals surface area (Å²) in [5, 5.41) is 6.97. The van der Waals surface area contributed by atoms with Crippen LogP contribution in [0.4, 0.5) is 10.3 Å². The maximum atomic E-state index is 13.8. The van der Waals surface area contributed by atoms with Crippen LogP contribution < -0.4 is 10.5 Å². The number of hydrogen-bond acceptors (Lipinski definition) is 6. The van der Waals surface area contributed by atoms with E-state index in [-0.39, 0.29) is 23.0 Å². The molecule has 0 aliphatic heterocycles. The van der Waals surface area contributed by atoms with Crippen molar-refractivity contribution in [1.82, 2.24) is 15.2 Å². The van der Waals surface area contributed by atoms with Gasteiger partial charge in [0.15, 0.2) is 0 Å². The van der Waals surface area contributed by atoms with Crippen LogP contribution in [0.3, 0.4) is 0 Å². The van der Waals surface area contributed by atoms with Crippen molar-refractivity contribution in [3.63, 3.8) is 0 Å². The van der Waals surface area contributed by atoms with Gasteiger partial charge in [-0.3, -0.25) is 0 Å². The Bertz CT molecular complexity index is 799. The number of rotatable bonds is 3. The van der Waals surface area contributed by atoms with Crippen LogP contribution in [0.25, 0.3) is 0 Å². The number of anilines is 1. The summed E-state index contributed by atoms with van der Waals surface area (Å²) in [5.74, 6) is 4.03. The third kappa shape index (κ3) is 3.71. The first-order chi connectivity index (χ1) is 10.0. The van der Waals surface area contributed by atoms with Crippen LogP contribution in [0.1, 0.15) is 5.56 Å². The van der Waals surface area contributed by atoms with E-state index in [1.54, 1.807) is 0 Å². The maximum Gasteiger partial charge on any atom is 0.264 e. The fraction of sp³-hybridized carbons (Fsp3) is 0.0833. The van der Waals surface area contributed by atoms with Crippen LogP contribution in [0, 0.1) is 17.7 Å². The molecule has 2 rings (SSSR count). The Balaban J connectivity index is 2.31. The van der Waals surface area contributed by atoms with Gasteiger partial charge in [0.05, 0.1) is 29.4 Å². The zero-order chi connectivity index (χ0) is 15.3. The summed E-state index contributed by atoms with van der Waals surface area (Å²) >= 11 is 0. The second-order valence-electron chi connectivity index (χ2n) is 3.72. The van der Waals surface area contributed by atoms with E-state index < -0.39 is 15.8 Å². The lowest BCUT2D eigenvalue weighted by molar-refractivity contribution is 0.594. The minimum absolute atomic E-state index is 0.0667. The van der Waals surface area contributed by atoms with Gasteiger partial charge in [0.1, 0.15) is 5.82 Å². The molecule has 0 saturated carbocycles. The standard InChI is InChI=1S/C12H10FN5O2S/c13-11-8-10(4-3-9(11)2-1-5-14)21(19,20)18-12-15-6-7-16-17-12/h3-4,6-8H,5,14H2,(H,15,17,18). The van der Waals surface area contributed by atoms with E-state index in [4.69, 9.17) is 5.73 Å². The smallest absolute Gasteiger partial charge is 0.264 e. The van der Waals surface area contributed by atoms with Crippen molar-refractivity contribution in [1.29, 1.82) is 0 Å². The normalized spacial score (nSPS) is 10.6. The molecule has 2 aromatic rings. The number of hydrogen-bond donors (Lipinski definition) is 2. The number of aromatic nitrogens is 3. The molecule has 21 heavy (non-hydrogen) atoms. The summed E-state index contributed by atoms with van der Waals surface area (Å²) in [7, 11) is -4.00. The number of nitrogens with zero attached hydrogens (tertiary/aromatic N) is 3. The summed E-state index contributed by atoms with van der Waals surface area (Å²) in [4.78, 5) is 3.40. The van der Waals surface area contributed by atoms with Gasteiger partial charge in [0, 0.05) is 0 Å². The second-order valence-corrected chi connectivity index (χ2v) is 5.40. The summed E-state index contributed by atoms with van der Waals surface area (Å²) in [6.45, 7) is 0.0827. The molecule has 0 saturated heterocycles. The molecule has 0 aliphatic carbocycles. The highest BCUT2D eigenvalue weighted by Gasteiger charge is 2.17. The van der Waals surface area contributed by atoms with Crippen LogP contribution in [0.2, 0.25) is 0 Å². The summed E-state index contributed by atoms with van der Waals surface area (Å²) < 4.78 is 39.9. The van der Waals surface area contributed by atoms with Crippen molar-refractivity contribution in [2.45, 2.75) is 4.90 Å². The Morgan fingerprint density at radius 1 is 1.33 bits per heavy atom. The van der Waals surface area contributed by atoms with Crippen molar-refractivity contribution < 1.29 is 12.8 Å². The third-order valence-corrected chi connectivity index (χ3v) is 3.61. The Labute approximate surface area is 120 Å². The van der Waals surface area contributed by atoms with Gasteiger partial charge in [0.25, 0.3) is 16.0 Å². The molecule has 0 unspecified atom stereocenters. The Hall–Kier alpha value is -2.57. The topological polar surface area (TPSA) is 111 Å². The number of nitrogens with one attached hydrogen (secondary N) is 1. The van der Waals surface area contributed by atoms with Crippen LogP contribution >= 0.6 is 0 Å². The number of benzene rings is 1. The van der Waals surface area contributed by atoms with Crippen LogP contribution in [0.15, 0.2) is 35.5 Å². The Kier molecular flexibility index (Phi) is 4.42. The van der Waals surface area contributed by atoms with Crippen molar-refractivity contribution in [2.24, 2.45) is 5.73 Å². The highest BCUT2D eigenvalue weighted by Crippen LogP contribution is 2.16. The Morgan fingerprint density at radius 3 is 2.76 bits per heavy atom. The third-order valence-electron chi connectivity index (χ3n) is 2.28. The number of sulfonamides is 1. The molecule has 1 heterocycles. The van der Waals surface area contributed by atoms with E-state index >= 15 is 0 Å². The minimum atomic E-state index is -4.00. The first-order valence-electron chi connectivity index (χ1n) is 5.68. The van der Waals surface area contributed by atoms with Gasteiger partial charge in [-0.15, -0.1) is 5.10 Å². The molecule has 0 aliphatic rings. The molecule has 3 N–H and O–H groups in total. The first-order valence-corrected chi connectivity index (χ1v) is 7.16. The molecule has 0 atom stereocenters. The average molecular weight is 307 g/mol.